The Morgan fingerprint density at radius 3 is 2.42 bits per heavy atom. The Balaban J connectivity index is 2.74. The molecule has 1 rings (SSSR count). The first-order chi connectivity index (χ1) is 8.67. The fourth-order valence-corrected chi connectivity index (χ4v) is 2.34. The summed E-state index contributed by atoms with van der Waals surface area (Å²) in [6.45, 7) is 13.8. The summed E-state index contributed by atoms with van der Waals surface area (Å²) in [5, 5.41) is 0.227. The van der Waals surface area contributed by atoms with Gasteiger partial charge in [-0.2, -0.15) is 0 Å². The van der Waals surface area contributed by atoms with Crippen molar-refractivity contribution in [1.82, 2.24) is 4.98 Å². The van der Waals surface area contributed by atoms with Gasteiger partial charge in [-0.3, -0.25) is 4.98 Å². The zero-order valence-corrected chi connectivity index (χ0v) is 14.3. The van der Waals surface area contributed by atoms with E-state index in [4.69, 9.17) is 9.16 Å². The highest BCUT2D eigenvalue weighted by Gasteiger charge is 2.37. The summed E-state index contributed by atoms with van der Waals surface area (Å²) in [6.07, 6.45) is 0.0211. The van der Waals surface area contributed by atoms with Gasteiger partial charge in [0.15, 0.2) is 8.32 Å². The molecule has 1 atom stereocenters. The largest absolute Gasteiger partial charge is 0.411 e. The van der Waals surface area contributed by atoms with Crippen molar-refractivity contribution in [2.45, 2.75) is 58.5 Å². The Bertz CT molecular complexity index is 413. The number of rotatable bonds is 5. The topological polar surface area (TPSA) is 31.4 Å². The second-order valence-electron chi connectivity index (χ2n) is 6.48. The van der Waals surface area contributed by atoms with Crippen molar-refractivity contribution in [1.29, 1.82) is 0 Å². The summed E-state index contributed by atoms with van der Waals surface area (Å²) in [6, 6.07) is 6.02. The first-order valence-corrected chi connectivity index (χ1v) is 9.71. The first kappa shape index (κ1) is 16.3. The molecule has 0 aliphatic carbocycles. The number of ether oxygens (including phenoxy) is 1. The van der Waals surface area contributed by atoms with E-state index in [2.05, 4.69) is 38.8 Å². The molecule has 0 aliphatic heterocycles. The molecule has 0 spiro atoms. The van der Waals surface area contributed by atoms with E-state index in [0.717, 1.165) is 11.4 Å². The Hall–Kier alpha value is -0.713. The molecule has 1 aromatic rings. The highest BCUT2D eigenvalue weighted by Crippen LogP contribution is 2.36. The third-order valence-electron chi connectivity index (χ3n) is 3.99. The molecule has 0 unspecified atom stereocenters. The number of methoxy groups -OCH3 is 1. The van der Waals surface area contributed by atoms with Crippen LogP contribution in [0, 0.1) is 0 Å². The van der Waals surface area contributed by atoms with Crippen LogP contribution in [0.3, 0.4) is 0 Å². The summed E-state index contributed by atoms with van der Waals surface area (Å²) >= 11 is 0. The van der Waals surface area contributed by atoms with Crippen LogP contribution in [0.4, 0.5) is 0 Å². The normalized spacial score (nSPS) is 14.5. The van der Waals surface area contributed by atoms with Gasteiger partial charge in [0.2, 0.25) is 0 Å². The van der Waals surface area contributed by atoms with E-state index in [-0.39, 0.29) is 11.1 Å². The quantitative estimate of drug-likeness (QED) is 0.754. The fourth-order valence-electron chi connectivity index (χ4n) is 1.40. The SMILES string of the molecule is CO[C@H](C)c1cccc(CO[Si](C)(C)C(C)(C)C)n1. The summed E-state index contributed by atoms with van der Waals surface area (Å²) in [5.74, 6) is 0. The standard InChI is InChI=1S/C15H27NO2Si/c1-12(17-5)14-10-8-9-13(16-14)11-18-19(6,7)15(2,3)4/h8-10,12H,11H2,1-7H3/t12-/m1/s1. The van der Waals surface area contributed by atoms with Gasteiger partial charge in [0, 0.05) is 7.11 Å². The lowest BCUT2D eigenvalue weighted by Gasteiger charge is -2.36. The van der Waals surface area contributed by atoms with E-state index in [0.29, 0.717) is 6.61 Å². The molecule has 0 radical (unpaired) electrons. The minimum absolute atomic E-state index is 0.0211. The van der Waals surface area contributed by atoms with E-state index < -0.39 is 8.32 Å². The molecule has 0 aliphatic rings. The average Bonchev–Trinajstić information content (AvgIpc) is 2.34. The lowest BCUT2D eigenvalue weighted by atomic mass is 10.2. The molecule has 1 heterocycles. The predicted molar refractivity (Wildman–Crippen MR) is 81.6 cm³/mol. The number of pyridine rings is 1. The van der Waals surface area contributed by atoms with Crippen LogP contribution >= 0.6 is 0 Å². The van der Waals surface area contributed by atoms with Crippen molar-refractivity contribution in [2.24, 2.45) is 0 Å². The van der Waals surface area contributed by atoms with Crippen molar-refractivity contribution in [3.8, 4) is 0 Å². The molecule has 19 heavy (non-hydrogen) atoms. The van der Waals surface area contributed by atoms with E-state index in [1.54, 1.807) is 7.11 Å². The van der Waals surface area contributed by atoms with E-state index in [1.807, 2.05) is 25.1 Å². The Morgan fingerprint density at radius 1 is 1.26 bits per heavy atom. The van der Waals surface area contributed by atoms with Gasteiger partial charge < -0.3 is 9.16 Å². The Kier molecular flexibility index (Phi) is 5.30. The minimum Gasteiger partial charge on any atom is -0.411 e. The smallest absolute Gasteiger partial charge is 0.192 e. The lowest BCUT2D eigenvalue weighted by molar-refractivity contribution is 0.115. The number of hydrogen-bond acceptors (Lipinski definition) is 3. The van der Waals surface area contributed by atoms with Crippen LogP contribution < -0.4 is 0 Å². The predicted octanol–water partition coefficient (Wildman–Crippen LogP) is 4.31. The molecule has 0 saturated heterocycles. The number of hydrogen-bond donors (Lipinski definition) is 0. The molecule has 0 aromatic carbocycles. The summed E-state index contributed by atoms with van der Waals surface area (Å²) in [5.41, 5.74) is 1.94. The summed E-state index contributed by atoms with van der Waals surface area (Å²) in [4.78, 5) is 4.60. The Morgan fingerprint density at radius 2 is 1.89 bits per heavy atom. The van der Waals surface area contributed by atoms with Gasteiger partial charge >= 0.3 is 0 Å². The molecular weight excluding hydrogens is 254 g/mol. The zero-order valence-electron chi connectivity index (χ0n) is 13.3. The second-order valence-corrected chi connectivity index (χ2v) is 11.3. The number of aromatic nitrogens is 1. The molecule has 1 aromatic heterocycles. The molecule has 0 saturated carbocycles. The molecule has 0 fully saturated rings. The van der Waals surface area contributed by atoms with Crippen LogP contribution in [0.2, 0.25) is 18.1 Å². The van der Waals surface area contributed by atoms with Crippen LogP contribution in [-0.2, 0) is 15.8 Å². The third-order valence-corrected chi connectivity index (χ3v) is 8.46. The molecule has 0 amide bonds. The molecular formula is C15H27NO2Si. The van der Waals surface area contributed by atoms with Crippen molar-refractivity contribution in [3.63, 3.8) is 0 Å². The van der Waals surface area contributed by atoms with Crippen molar-refractivity contribution in [3.05, 3.63) is 29.6 Å². The van der Waals surface area contributed by atoms with Crippen molar-refractivity contribution >= 4 is 8.32 Å². The van der Waals surface area contributed by atoms with Gasteiger partial charge in [-0.15, -0.1) is 0 Å². The molecule has 0 bridgehead atoms. The molecule has 108 valence electrons. The second kappa shape index (κ2) is 6.16. The maximum absolute atomic E-state index is 6.18. The van der Waals surface area contributed by atoms with Crippen LogP contribution in [-0.4, -0.2) is 20.4 Å². The molecule has 3 nitrogen and oxygen atoms in total. The van der Waals surface area contributed by atoms with E-state index in [1.165, 1.54) is 0 Å². The number of nitrogens with zero attached hydrogens (tertiary/aromatic N) is 1. The van der Waals surface area contributed by atoms with E-state index in [9.17, 15) is 0 Å². The van der Waals surface area contributed by atoms with Crippen molar-refractivity contribution in [2.75, 3.05) is 7.11 Å². The Labute approximate surface area is 118 Å². The molecule has 0 N–H and O–H groups in total. The van der Waals surface area contributed by atoms with Crippen LogP contribution in [0.15, 0.2) is 18.2 Å². The van der Waals surface area contributed by atoms with Crippen molar-refractivity contribution < 1.29 is 9.16 Å². The van der Waals surface area contributed by atoms with Gasteiger partial charge in [0.1, 0.15) is 0 Å². The van der Waals surface area contributed by atoms with Crippen LogP contribution in [0.1, 0.15) is 45.2 Å². The third kappa shape index (κ3) is 4.40. The summed E-state index contributed by atoms with van der Waals surface area (Å²) < 4.78 is 11.5. The summed E-state index contributed by atoms with van der Waals surface area (Å²) in [7, 11) is -0.0123. The van der Waals surface area contributed by atoms with E-state index >= 15 is 0 Å². The maximum atomic E-state index is 6.18. The van der Waals surface area contributed by atoms with Gasteiger partial charge in [0.25, 0.3) is 0 Å². The van der Waals surface area contributed by atoms with Gasteiger partial charge in [-0.05, 0) is 37.2 Å². The average molecular weight is 281 g/mol. The monoisotopic (exact) mass is 281 g/mol. The van der Waals surface area contributed by atoms with Gasteiger partial charge in [0.05, 0.1) is 24.1 Å². The fraction of sp³-hybridized carbons (Fsp3) is 0.667. The lowest BCUT2D eigenvalue weighted by Crippen LogP contribution is -2.40. The highest BCUT2D eigenvalue weighted by molar-refractivity contribution is 6.74. The minimum atomic E-state index is -1.71. The zero-order chi connectivity index (χ0) is 14.7. The van der Waals surface area contributed by atoms with Crippen LogP contribution in [0.5, 0.6) is 0 Å². The van der Waals surface area contributed by atoms with Crippen LogP contribution in [0.25, 0.3) is 0 Å². The van der Waals surface area contributed by atoms with Gasteiger partial charge in [-0.1, -0.05) is 26.8 Å². The highest BCUT2D eigenvalue weighted by atomic mass is 28.4. The molecule has 4 heteroatoms. The first-order valence-electron chi connectivity index (χ1n) is 6.80. The van der Waals surface area contributed by atoms with Gasteiger partial charge in [-0.25, -0.2) is 0 Å². The maximum Gasteiger partial charge on any atom is 0.192 e.